The fourth-order valence-electron chi connectivity index (χ4n) is 4.30. The van der Waals surface area contributed by atoms with Crippen molar-refractivity contribution in [2.75, 3.05) is 6.54 Å². The maximum atomic E-state index is 4.79. The molecule has 2 heterocycles. The second-order valence-electron chi connectivity index (χ2n) is 7.13. The summed E-state index contributed by atoms with van der Waals surface area (Å²) < 4.78 is 2.20. The van der Waals surface area contributed by atoms with Crippen LogP contribution in [0, 0.1) is 0 Å². The van der Waals surface area contributed by atoms with Gasteiger partial charge in [-0.1, -0.05) is 37.5 Å². The van der Waals surface area contributed by atoms with E-state index < -0.39 is 0 Å². The average molecular weight is 309 g/mol. The average Bonchev–Trinajstić information content (AvgIpc) is 3.27. The van der Waals surface area contributed by atoms with Crippen molar-refractivity contribution in [3.63, 3.8) is 0 Å². The van der Waals surface area contributed by atoms with E-state index in [9.17, 15) is 0 Å². The second-order valence-corrected chi connectivity index (χ2v) is 7.13. The van der Waals surface area contributed by atoms with Gasteiger partial charge in [0.05, 0.1) is 11.9 Å². The normalized spacial score (nSPS) is 22.5. The van der Waals surface area contributed by atoms with Crippen LogP contribution in [0.3, 0.4) is 0 Å². The highest BCUT2D eigenvalue weighted by Crippen LogP contribution is 2.35. The lowest BCUT2D eigenvalue weighted by Crippen LogP contribution is -2.26. The molecule has 122 valence electrons. The lowest BCUT2D eigenvalue weighted by molar-refractivity contribution is 0.439. The van der Waals surface area contributed by atoms with Crippen molar-refractivity contribution in [1.82, 2.24) is 15.1 Å². The molecule has 1 aliphatic heterocycles. The van der Waals surface area contributed by atoms with Gasteiger partial charge in [0.2, 0.25) is 0 Å². The van der Waals surface area contributed by atoms with E-state index in [2.05, 4.69) is 46.5 Å². The Kier molecular flexibility index (Phi) is 4.47. The van der Waals surface area contributed by atoms with E-state index >= 15 is 0 Å². The first kappa shape index (κ1) is 14.9. The minimum absolute atomic E-state index is 0.622. The molecular formula is C20H27N3. The maximum absolute atomic E-state index is 4.79. The van der Waals surface area contributed by atoms with Crippen molar-refractivity contribution in [1.29, 1.82) is 0 Å². The molecule has 3 nitrogen and oxygen atoms in total. The Morgan fingerprint density at radius 1 is 1.00 bits per heavy atom. The summed E-state index contributed by atoms with van der Waals surface area (Å²) in [6.45, 7) is 1.17. The van der Waals surface area contributed by atoms with Crippen LogP contribution in [0.2, 0.25) is 0 Å². The molecule has 1 aromatic heterocycles. The molecule has 0 spiro atoms. The summed E-state index contributed by atoms with van der Waals surface area (Å²) in [6, 6.07) is 11.3. The molecule has 2 aliphatic rings. The number of nitrogens with zero attached hydrogens (tertiary/aromatic N) is 2. The Labute approximate surface area is 139 Å². The molecule has 2 aromatic rings. The van der Waals surface area contributed by atoms with Gasteiger partial charge in [-0.15, -0.1) is 0 Å². The topological polar surface area (TPSA) is 29.9 Å². The number of para-hydroxylation sites is 1. The molecule has 0 radical (unpaired) electrons. The summed E-state index contributed by atoms with van der Waals surface area (Å²) in [6.07, 6.45) is 12.7. The molecule has 1 aliphatic carbocycles. The number of benzene rings is 1. The molecule has 0 bridgehead atoms. The van der Waals surface area contributed by atoms with Gasteiger partial charge in [-0.25, -0.2) is 4.68 Å². The predicted molar refractivity (Wildman–Crippen MR) is 94.1 cm³/mol. The molecule has 0 amide bonds. The van der Waals surface area contributed by atoms with Crippen LogP contribution in [0.15, 0.2) is 36.5 Å². The first-order chi connectivity index (χ1) is 11.4. The van der Waals surface area contributed by atoms with Crippen molar-refractivity contribution in [2.24, 2.45) is 0 Å². The minimum Gasteiger partial charge on any atom is -0.314 e. The maximum Gasteiger partial charge on any atom is 0.0648 e. The van der Waals surface area contributed by atoms with Crippen LogP contribution < -0.4 is 5.32 Å². The molecular weight excluding hydrogens is 282 g/mol. The molecule has 1 atom stereocenters. The fourth-order valence-corrected chi connectivity index (χ4v) is 4.30. The van der Waals surface area contributed by atoms with E-state index in [1.807, 2.05) is 0 Å². The van der Waals surface area contributed by atoms with Crippen LogP contribution in [0.5, 0.6) is 0 Å². The molecule has 2 fully saturated rings. The molecule has 1 N–H and O–H groups in total. The highest BCUT2D eigenvalue weighted by Gasteiger charge is 2.25. The minimum atomic E-state index is 0.622. The van der Waals surface area contributed by atoms with Crippen molar-refractivity contribution < 1.29 is 0 Å². The number of hydrogen-bond donors (Lipinski definition) is 1. The summed E-state index contributed by atoms with van der Waals surface area (Å²) in [5, 5.41) is 8.46. The van der Waals surface area contributed by atoms with Gasteiger partial charge >= 0.3 is 0 Å². The highest BCUT2D eigenvalue weighted by molar-refractivity contribution is 5.36. The number of hydrogen-bond acceptors (Lipinski definition) is 2. The molecule has 23 heavy (non-hydrogen) atoms. The van der Waals surface area contributed by atoms with Crippen molar-refractivity contribution in [3.8, 4) is 5.69 Å². The summed E-state index contributed by atoms with van der Waals surface area (Å²) in [5.74, 6) is 0.720. The zero-order valence-corrected chi connectivity index (χ0v) is 13.9. The van der Waals surface area contributed by atoms with Gasteiger partial charge in [0.15, 0.2) is 0 Å². The molecule has 1 aromatic carbocycles. The third-order valence-corrected chi connectivity index (χ3v) is 5.55. The molecule has 1 saturated heterocycles. The standard InChI is InChI=1S/C20H27N3/c1-3-8-16(9-4-1)19-15-22-23(18-11-5-2-6-12-18)20(19)14-17-10-7-13-21-17/h2,5-6,11-12,15-17,21H,1,3-4,7-10,13-14H2. The third-order valence-electron chi connectivity index (χ3n) is 5.55. The zero-order valence-electron chi connectivity index (χ0n) is 13.9. The Morgan fingerprint density at radius 3 is 2.57 bits per heavy atom. The smallest absolute Gasteiger partial charge is 0.0648 e. The Balaban J connectivity index is 1.68. The van der Waals surface area contributed by atoms with Gasteiger partial charge in [-0.3, -0.25) is 0 Å². The van der Waals surface area contributed by atoms with Gasteiger partial charge in [0, 0.05) is 18.2 Å². The van der Waals surface area contributed by atoms with E-state index in [-0.39, 0.29) is 0 Å². The van der Waals surface area contributed by atoms with E-state index in [1.54, 1.807) is 0 Å². The monoisotopic (exact) mass is 309 g/mol. The van der Waals surface area contributed by atoms with Crippen molar-refractivity contribution >= 4 is 0 Å². The highest BCUT2D eigenvalue weighted by atomic mass is 15.3. The largest absolute Gasteiger partial charge is 0.314 e. The molecule has 3 heteroatoms. The number of aromatic nitrogens is 2. The van der Waals surface area contributed by atoms with Gasteiger partial charge in [0.1, 0.15) is 0 Å². The first-order valence-electron chi connectivity index (χ1n) is 9.27. The summed E-state index contributed by atoms with van der Waals surface area (Å²) >= 11 is 0. The van der Waals surface area contributed by atoms with Crippen LogP contribution >= 0.6 is 0 Å². The van der Waals surface area contributed by atoms with Gasteiger partial charge in [-0.05, 0) is 55.8 Å². The van der Waals surface area contributed by atoms with Crippen LogP contribution in [0.1, 0.15) is 62.1 Å². The Hall–Kier alpha value is -1.61. The van der Waals surface area contributed by atoms with E-state index in [4.69, 9.17) is 5.10 Å². The summed E-state index contributed by atoms with van der Waals surface area (Å²) in [4.78, 5) is 0. The molecule has 1 saturated carbocycles. The summed E-state index contributed by atoms with van der Waals surface area (Å²) in [5.41, 5.74) is 4.16. The molecule has 4 rings (SSSR count). The van der Waals surface area contributed by atoms with Crippen LogP contribution in [-0.2, 0) is 6.42 Å². The fraction of sp³-hybridized carbons (Fsp3) is 0.550. The zero-order chi connectivity index (χ0) is 15.5. The quantitative estimate of drug-likeness (QED) is 0.916. The van der Waals surface area contributed by atoms with E-state index in [0.29, 0.717) is 6.04 Å². The second kappa shape index (κ2) is 6.88. The van der Waals surface area contributed by atoms with Crippen molar-refractivity contribution in [3.05, 3.63) is 47.8 Å². The van der Waals surface area contributed by atoms with Gasteiger partial charge in [-0.2, -0.15) is 5.10 Å². The lowest BCUT2D eigenvalue weighted by atomic mass is 9.83. The van der Waals surface area contributed by atoms with E-state index in [0.717, 1.165) is 12.3 Å². The van der Waals surface area contributed by atoms with Crippen LogP contribution in [0.25, 0.3) is 5.69 Å². The van der Waals surface area contributed by atoms with Crippen molar-refractivity contribution in [2.45, 2.75) is 63.3 Å². The van der Waals surface area contributed by atoms with E-state index in [1.165, 1.54) is 68.4 Å². The summed E-state index contributed by atoms with van der Waals surface area (Å²) in [7, 11) is 0. The first-order valence-corrected chi connectivity index (χ1v) is 9.27. The Morgan fingerprint density at radius 2 is 1.83 bits per heavy atom. The number of nitrogens with one attached hydrogen (secondary N) is 1. The number of rotatable bonds is 4. The SMILES string of the molecule is c1ccc(-n2ncc(C3CCCCC3)c2CC2CCCN2)cc1. The predicted octanol–water partition coefficient (Wildman–Crippen LogP) is 4.21. The lowest BCUT2D eigenvalue weighted by Gasteiger charge is -2.23. The third kappa shape index (κ3) is 3.20. The Bertz CT molecular complexity index is 620. The van der Waals surface area contributed by atoms with Crippen LogP contribution in [-0.4, -0.2) is 22.4 Å². The van der Waals surface area contributed by atoms with Crippen LogP contribution in [0.4, 0.5) is 0 Å². The van der Waals surface area contributed by atoms with Gasteiger partial charge < -0.3 is 5.32 Å². The molecule has 1 unspecified atom stereocenters. The van der Waals surface area contributed by atoms with Gasteiger partial charge in [0.25, 0.3) is 0 Å².